The van der Waals surface area contributed by atoms with Crippen molar-refractivity contribution in [3.8, 4) is 5.75 Å². The second-order valence-corrected chi connectivity index (χ2v) is 5.13. The molecule has 0 saturated heterocycles. The number of fused-ring (bicyclic) bond motifs is 1. The number of anilines is 2. The molecule has 2 heterocycles. The van der Waals surface area contributed by atoms with E-state index in [1.165, 1.54) is 11.0 Å². The van der Waals surface area contributed by atoms with E-state index < -0.39 is 11.8 Å². The van der Waals surface area contributed by atoms with E-state index in [1.54, 1.807) is 25.2 Å². The van der Waals surface area contributed by atoms with E-state index in [9.17, 15) is 14.4 Å². The Kier molecular flexibility index (Phi) is 3.75. The number of aliphatic hydroxyl groups is 1. The molecule has 0 spiro atoms. The van der Waals surface area contributed by atoms with Crippen LogP contribution in [0.5, 0.6) is 5.75 Å². The van der Waals surface area contributed by atoms with Gasteiger partial charge in [-0.15, -0.1) is 0 Å². The predicted molar refractivity (Wildman–Crippen MR) is 80.9 cm³/mol. The summed E-state index contributed by atoms with van der Waals surface area (Å²) in [4.78, 5) is 37.8. The number of aliphatic hydroxyl groups excluding tert-OH is 1. The molecule has 0 aliphatic carbocycles. The minimum absolute atomic E-state index is 0.0421. The summed E-state index contributed by atoms with van der Waals surface area (Å²) in [5, 5.41) is 11.7. The Hall–Kier alpha value is -2.87. The van der Waals surface area contributed by atoms with Gasteiger partial charge in [0.05, 0.1) is 18.8 Å². The lowest BCUT2D eigenvalue weighted by Crippen LogP contribution is -2.35. The molecule has 1 aromatic rings. The number of amides is 3. The zero-order chi connectivity index (χ0) is 16.6. The average Bonchev–Trinajstić information content (AvgIpc) is 2.79. The van der Waals surface area contributed by atoms with Gasteiger partial charge in [-0.05, 0) is 12.1 Å². The molecule has 3 rings (SSSR count). The van der Waals surface area contributed by atoms with Crippen LogP contribution in [-0.4, -0.2) is 54.5 Å². The van der Waals surface area contributed by atoms with E-state index >= 15 is 0 Å². The summed E-state index contributed by atoms with van der Waals surface area (Å²) in [5.74, 6) is -0.583. The molecule has 2 aliphatic rings. The van der Waals surface area contributed by atoms with Crippen molar-refractivity contribution in [2.24, 2.45) is 0 Å². The number of ether oxygens (including phenoxy) is 1. The molecule has 1 aromatic carbocycles. The average molecular weight is 317 g/mol. The number of nitrogens with one attached hydrogen (secondary N) is 1. The van der Waals surface area contributed by atoms with Crippen LogP contribution in [0.15, 0.2) is 30.0 Å². The first kappa shape index (κ1) is 15.0. The monoisotopic (exact) mass is 317 g/mol. The first-order valence-corrected chi connectivity index (χ1v) is 7.00. The smallest absolute Gasteiger partial charge is 0.277 e. The zero-order valence-electron chi connectivity index (χ0n) is 12.4. The van der Waals surface area contributed by atoms with E-state index in [1.807, 2.05) is 0 Å². The maximum atomic E-state index is 12.1. The molecule has 0 atom stereocenters. The van der Waals surface area contributed by atoms with Crippen molar-refractivity contribution in [1.29, 1.82) is 0 Å². The summed E-state index contributed by atoms with van der Waals surface area (Å²) in [7, 11) is 1.66. The summed E-state index contributed by atoms with van der Waals surface area (Å²) in [6.07, 6.45) is 1.19. The Morgan fingerprint density at radius 2 is 2.09 bits per heavy atom. The van der Waals surface area contributed by atoms with Crippen molar-refractivity contribution in [1.82, 2.24) is 4.90 Å². The summed E-state index contributed by atoms with van der Waals surface area (Å²) < 4.78 is 5.37. The summed E-state index contributed by atoms with van der Waals surface area (Å²) in [5.41, 5.74) is 1.32. The van der Waals surface area contributed by atoms with Gasteiger partial charge < -0.3 is 20.1 Å². The molecule has 2 N–H and O–H groups in total. The Morgan fingerprint density at radius 3 is 2.83 bits per heavy atom. The summed E-state index contributed by atoms with van der Waals surface area (Å²) in [6.45, 7) is -0.372. The molecular weight excluding hydrogens is 302 g/mol. The molecule has 0 unspecified atom stereocenters. The molecule has 23 heavy (non-hydrogen) atoms. The fourth-order valence-electron chi connectivity index (χ4n) is 2.42. The van der Waals surface area contributed by atoms with Crippen LogP contribution in [0.2, 0.25) is 0 Å². The van der Waals surface area contributed by atoms with Gasteiger partial charge in [0.2, 0.25) is 0 Å². The highest BCUT2D eigenvalue weighted by Gasteiger charge is 2.31. The SMILES string of the molecule is CN1C(=O)COc2cc(NC3=CC(=O)N(CCO)C3=O)ccc21. The number of hydrogen-bond acceptors (Lipinski definition) is 6. The molecule has 0 radical (unpaired) electrons. The number of benzene rings is 1. The van der Waals surface area contributed by atoms with E-state index in [0.717, 1.165) is 4.90 Å². The Labute approximate surface area is 131 Å². The first-order valence-electron chi connectivity index (χ1n) is 7.00. The van der Waals surface area contributed by atoms with Crippen LogP contribution in [0, 0.1) is 0 Å². The van der Waals surface area contributed by atoms with Crippen LogP contribution in [0.4, 0.5) is 11.4 Å². The Balaban J connectivity index is 1.80. The van der Waals surface area contributed by atoms with Crippen molar-refractivity contribution in [3.63, 3.8) is 0 Å². The van der Waals surface area contributed by atoms with Gasteiger partial charge in [0, 0.05) is 24.9 Å². The second-order valence-electron chi connectivity index (χ2n) is 5.13. The summed E-state index contributed by atoms with van der Waals surface area (Å²) >= 11 is 0. The highest BCUT2D eigenvalue weighted by molar-refractivity contribution is 6.17. The van der Waals surface area contributed by atoms with Crippen LogP contribution in [-0.2, 0) is 14.4 Å². The first-order chi connectivity index (χ1) is 11.0. The van der Waals surface area contributed by atoms with Crippen LogP contribution in [0.3, 0.4) is 0 Å². The van der Waals surface area contributed by atoms with Gasteiger partial charge in [-0.25, -0.2) is 0 Å². The normalized spacial score (nSPS) is 17.1. The number of imide groups is 1. The highest BCUT2D eigenvalue weighted by atomic mass is 16.5. The molecule has 3 amide bonds. The van der Waals surface area contributed by atoms with Crippen LogP contribution < -0.4 is 15.0 Å². The fraction of sp³-hybridized carbons (Fsp3) is 0.267. The largest absolute Gasteiger partial charge is 0.481 e. The van der Waals surface area contributed by atoms with Crippen molar-refractivity contribution in [3.05, 3.63) is 30.0 Å². The van der Waals surface area contributed by atoms with Crippen LogP contribution in [0.25, 0.3) is 0 Å². The van der Waals surface area contributed by atoms with Gasteiger partial charge >= 0.3 is 0 Å². The third kappa shape index (κ3) is 2.64. The summed E-state index contributed by atoms with van der Waals surface area (Å²) in [6, 6.07) is 5.04. The van der Waals surface area contributed by atoms with Gasteiger partial charge in [-0.1, -0.05) is 0 Å². The highest BCUT2D eigenvalue weighted by Crippen LogP contribution is 2.34. The molecule has 8 heteroatoms. The maximum absolute atomic E-state index is 12.1. The van der Waals surface area contributed by atoms with E-state index in [2.05, 4.69) is 5.32 Å². The molecule has 0 aromatic heterocycles. The molecule has 2 aliphatic heterocycles. The number of nitrogens with zero attached hydrogens (tertiary/aromatic N) is 2. The molecule has 0 bridgehead atoms. The van der Waals surface area contributed by atoms with E-state index in [4.69, 9.17) is 9.84 Å². The third-order valence-corrected chi connectivity index (χ3v) is 3.66. The van der Waals surface area contributed by atoms with Gasteiger partial charge in [-0.2, -0.15) is 0 Å². The number of β-amino-alcohol motifs (C(OH)–C–C–N with tert-alkyl or cyclic N) is 1. The number of hydrogen-bond donors (Lipinski definition) is 2. The Bertz CT molecular complexity index is 728. The lowest BCUT2D eigenvalue weighted by Gasteiger charge is -2.26. The molecule has 8 nitrogen and oxygen atoms in total. The van der Waals surface area contributed by atoms with Gasteiger partial charge in [0.1, 0.15) is 11.4 Å². The third-order valence-electron chi connectivity index (χ3n) is 3.66. The maximum Gasteiger partial charge on any atom is 0.277 e. The second kappa shape index (κ2) is 5.73. The zero-order valence-corrected chi connectivity index (χ0v) is 12.4. The van der Waals surface area contributed by atoms with Crippen LogP contribution >= 0.6 is 0 Å². The fourth-order valence-corrected chi connectivity index (χ4v) is 2.42. The lowest BCUT2D eigenvalue weighted by molar-refractivity contribution is -0.137. The Morgan fingerprint density at radius 1 is 1.30 bits per heavy atom. The number of carbonyl (C=O) groups excluding carboxylic acids is 3. The molecule has 0 saturated carbocycles. The predicted octanol–water partition coefficient (Wildman–Crippen LogP) is -0.301. The van der Waals surface area contributed by atoms with Crippen molar-refractivity contribution < 1.29 is 24.2 Å². The quantitative estimate of drug-likeness (QED) is 0.740. The molecule has 120 valence electrons. The number of rotatable bonds is 4. The van der Waals surface area contributed by atoms with Gasteiger partial charge in [-0.3, -0.25) is 19.3 Å². The van der Waals surface area contributed by atoms with E-state index in [-0.39, 0.29) is 31.4 Å². The van der Waals surface area contributed by atoms with Gasteiger partial charge in [0.25, 0.3) is 17.7 Å². The van der Waals surface area contributed by atoms with E-state index in [0.29, 0.717) is 17.1 Å². The van der Waals surface area contributed by atoms with Crippen LogP contribution in [0.1, 0.15) is 0 Å². The van der Waals surface area contributed by atoms with Crippen molar-refractivity contribution >= 4 is 29.1 Å². The number of carbonyl (C=O) groups is 3. The topological polar surface area (TPSA) is 99.2 Å². The minimum atomic E-state index is -0.491. The molecule has 0 fully saturated rings. The van der Waals surface area contributed by atoms with Gasteiger partial charge in [0.15, 0.2) is 6.61 Å². The van der Waals surface area contributed by atoms with Crippen molar-refractivity contribution in [2.45, 2.75) is 0 Å². The molecular formula is C15H15N3O5. The number of likely N-dealkylation sites (N-methyl/N-ethyl adjacent to an activating group) is 1. The minimum Gasteiger partial charge on any atom is -0.481 e. The lowest BCUT2D eigenvalue weighted by atomic mass is 10.2. The standard InChI is InChI=1S/C15H15N3O5/c1-17-11-3-2-9(6-12(11)23-8-14(17)21)16-10-7-13(20)18(4-5-19)15(10)22/h2-3,6-7,16,19H,4-5,8H2,1H3. The van der Waals surface area contributed by atoms with Crippen molar-refractivity contribution in [2.75, 3.05) is 37.0 Å².